The minimum atomic E-state index is 0.318. The Morgan fingerprint density at radius 1 is 1.35 bits per heavy atom. The fourth-order valence-corrected chi connectivity index (χ4v) is 3.49. The highest BCUT2D eigenvalue weighted by molar-refractivity contribution is 5.10. The predicted octanol–water partition coefficient (Wildman–Crippen LogP) is 3.12. The van der Waals surface area contributed by atoms with E-state index in [2.05, 4.69) is 36.0 Å². The van der Waals surface area contributed by atoms with Crippen LogP contribution in [0.2, 0.25) is 0 Å². The van der Waals surface area contributed by atoms with Gasteiger partial charge in [0.2, 0.25) is 0 Å². The van der Waals surface area contributed by atoms with Gasteiger partial charge in [-0.05, 0) is 51.3 Å². The zero-order chi connectivity index (χ0) is 14.5. The van der Waals surface area contributed by atoms with Crippen LogP contribution in [-0.2, 0) is 6.54 Å². The van der Waals surface area contributed by atoms with Crippen molar-refractivity contribution in [1.29, 1.82) is 0 Å². The molecule has 0 aromatic carbocycles. The van der Waals surface area contributed by atoms with Crippen LogP contribution in [0.25, 0.3) is 0 Å². The lowest BCUT2D eigenvalue weighted by molar-refractivity contribution is 0.126. The molecule has 1 heterocycles. The molecule has 1 aliphatic carbocycles. The number of likely N-dealkylation sites (N-methyl/N-ethyl adjacent to an activating group) is 1. The second-order valence-corrected chi connectivity index (χ2v) is 6.38. The van der Waals surface area contributed by atoms with Gasteiger partial charge in [-0.25, -0.2) is 0 Å². The molecule has 1 fully saturated rings. The number of nitrogens with two attached hydrogens (primary N) is 1. The number of aromatic nitrogens is 1. The van der Waals surface area contributed by atoms with Gasteiger partial charge < -0.3 is 5.73 Å². The molecule has 0 radical (unpaired) electrons. The number of pyridine rings is 1. The van der Waals surface area contributed by atoms with E-state index in [0.717, 1.165) is 23.9 Å². The molecular formula is C17H29N3. The lowest BCUT2D eigenvalue weighted by Crippen LogP contribution is -2.49. The first-order valence-corrected chi connectivity index (χ1v) is 7.98. The quantitative estimate of drug-likeness (QED) is 0.897. The topological polar surface area (TPSA) is 42.1 Å². The zero-order valence-corrected chi connectivity index (χ0v) is 13.2. The first-order chi connectivity index (χ1) is 9.60. The third kappa shape index (κ3) is 4.03. The normalized spacial score (nSPS) is 26.9. The van der Waals surface area contributed by atoms with Gasteiger partial charge in [0.25, 0.3) is 0 Å². The van der Waals surface area contributed by atoms with Gasteiger partial charge in [-0.15, -0.1) is 0 Å². The molecule has 112 valence electrons. The SMILES string of the molecule is CCCC1CCC(N)C(N(C)Cc2cccc(C)n2)C1. The number of rotatable bonds is 5. The van der Waals surface area contributed by atoms with Crippen molar-refractivity contribution in [2.75, 3.05) is 7.05 Å². The molecule has 0 amide bonds. The zero-order valence-electron chi connectivity index (χ0n) is 13.2. The Morgan fingerprint density at radius 3 is 2.85 bits per heavy atom. The van der Waals surface area contributed by atoms with Gasteiger partial charge in [0, 0.05) is 24.3 Å². The Balaban J connectivity index is 1.97. The summed E-state index contributed by atoms with van der Waals surface area (Å²) in [4.78, 5) is 7.02. The van der Waals surface area contributed by atoms with Crippen LogP contribution in [0.1, 0.15) is 50.4 Å². The summed E-state index contributed by atoms with van der Waals surface area (Å²) in [6.45, 7) is 5.23. The van der Waals surface area contributed by atoms with Crippen molar-refractivity contribution in [3.8, 4) is 0 Å². The van der Waals surface area contributed by atoms with E-state index in [1.165, 1.54) is 32.1 Å². The van der Waals surface area contributed by atoms with Gasteiger partial charge in [0.15, 0.2) is 0 Å². The van der Waals surface area contributed by atoms with Crippen molar-refractivity contribution in [2.45, 2.75) is 64.6 Å². The summed E-state index contributed by atoms with van der Waals surface area (Å²) >= 11 is 0. The fraction of sp³-hybridized carbons (Fsp3) is 0.706. The summed E-state index contributed by atoms with van der Waals surface area (Å²) in [5.74, 6) is 0.859. The van der Waals surface area contributed by atoms with Gasteiger partial charge in [-0.3, -0.25) is 9.88 Å². The Bertz CT molecular complexity index is 418. The number of hydrogen-bond donors (Lipinski definition) is 1. The first kappa shape index (κ1) is 15.5. The van der Waals surface area contributed by atoms with Crippen molar-refractivity contribution in [1.82, 2.24) is 9.88 Å². The van der Waals surface area contributed by atoms with Crippen molar-refractivity contribution < 1.29 is 0 Å². The molecule has 0 bridgehead atoms. The summed E-state index contributed by atoms with van der Waals surface area (Å²) in [5, 5.41) is 0. The lowest BCUT2D eigenvalue weighted by atomic mass is 9.80. The fourth-order valence-electron chi connectivity index (χ4n) is 3.49. The summed E-state index contributed by atoms with van der Waals surface area (Å²) in [7, 11) is 2.20. The van der Waals surface area contributed by atoms with E-state index in [1.807, 2.05) is 13.0 Å². The van der Waals surface area contributed by atoms with Gasteiger partial charge in [-0.2, -0.15) is 0 Å². The second kappa shape index (κ2) is 7.19. The van der Waals surface area contributed by atoms with Gasteiger partial charge >= 0.3 is 0 Å². The lowest BCUT2D eigenvalue weighted by Gasteiger charge is -2.39. The molecule has 1 aromatic rings. The van der Waals surface area contributed by atoms with Crippen LogP contribution in [0, 0.1) is 12.8 Å². The monoisotopic (exact) mass is 275 g/mol. The molecule has 1 saturated carbocycles. The van der Waals surface area contributed by atoms with Crippen LogP contribution in [0.5, 0.6) is 0 Å². The van der Waals surface area contributed by atoms with E-state index < -0.39 is 0 Å². The number of nitrogens with zero attached hydrogens (tertiary/aromatic N) is 2. The number of aryl methyl sites for hydroxylation is 1. The van der Waals surface area contributed by atoms with Crippen molar-refractivity contribution in [2.24, 2.45) is 11.7 Å². The molecule has 2 rings (SSSR count). The van der Waals surface area contributed by atoms with E-state index in [4.69, 9.17) is 5.73 Å². The minimum Gasteiger partial charge on any atom is -0.326 e. The standard InChI is InChI=1S/C17H29N3/c1-4-6-14-9-10-16(18)17(11-14)20(3)12-15-8-5-7-13(2)19-15/h5,7-8,14,16-17H,4,6,9-12,18H2,1-3H3. The average molecular weight is 275 g/mol. The smallest absolute Gasteiger partial charge is 0.0547 e. The maximum Gasteiger partial charge on any atom is 0.0547 e. The Morgan fingerprint density at radius 2 is 2.15 bits per heavy atom. The van der Waals surface area contributed by atoms with Crippen molar-refractivity contribution in [3.63, 3.8) is 0 Å². The van der Waals surface area contributed by atoms with E-state index in [0.29, 0.717) is 12.1 Å². The van der Waals surface area contributed by atoms with E-state index >= 15 is 0 Å². The van der Waals surface area contributed by atoms with Gasteiger partial charge in [0.05, 0.1) is 5.69 Å². The minimum absolute atomic E-state index is 0.318. The van der Waals surface area contributed by atoms with E-state index in [9.17, 15) is 0 Å². The Labute approximate surface area is 123 Å². The third-order valence-corrected chi connectivity index (χ3v) is 4.60. The second-order valence-electron chi connectivity index (χ2n) is 6.38. The van der Waals surface area contributed by atoms with Crippen LogP contribution >= 0.6 is 0 Å². The average Bonchev–Trinajstić information content (AvgIpc) is 2.41. The van der Waals surface area contributed by atoms with Gasteiger partial charge in [-0.1, -0.05) is 25.8 Å². The molecule has 1 aromatic heterocycles. The largest absolute Gasteiger partial charge is 0.326 e. The molecule has 2 N–H and O–H groups in total. The Kier molecular flexibility index (Phi) is 5.55. The highest BCUT2D eigenvalue weighted by atomic mass is 15.2. The van der Waals surface area contributed by atoms with Crippen LogP contribution in [-0.4, -0.2) is 29.0 Å². The molecule has 3 nitrogen and oxygen atoms in total. The van der Waals surface area contributed by atoms with Crippen LogP contribution in [0.3, 0.4) is 0 Å². The first-order valence-electron chi connectivity index (χ1n) is 7.98. The van der Waals surface area contributed by atoms with Crippen LogP contribution < -0.4 is 5.73 Å². The predicted molar refractivity (Wildman–Crippen MR) is 84.5 cm³/mol. The third-order valence-electron chi connectivity index (χ3n) is 4.60. The molecule has 1 aliphatic rings. The molecule has 20 heavy (non-hydrogen) atoms. The van der Waals surface area contributed by atoms with E-state index in [-0.39, 0.29) is 0 Å². The Hall–Kier alpha value is -0.930. The summed E-state index contributed by atoms with van der Waals surface area (Å²) in [6.07, 6.45) is 6.36. The van der Waals surface area contributed by atoms with Crippen LogP contribution in [0.4, 0.5) is 0 Å². The van der Waals surface area contributed by atoms with Crippen molar-refractivity contribution >= 4 is 0 Å². The summed E-state index contributed by atoms with van der Waals surface area (Å²) in [5.41, 5.74) is 8.60. The van der Waals surface area contributed by atoms with E-state index in [1.54, 1.807) is 0 Å². The highest BCUT2D eigenvalue weighted by Gasteiger charge is 2.30. The molecule has 3 unspecified atom stereocenters. The molecule has 0 spiro atoms. The number of hydrogen-bond acceptors (Lipinski definition) is 3. The summed E-state index contributed by atoms with van der Waals surface area (Å²) in [6, 6.07) is 7.07. The molecule has 3 heteroatoms. The van der Waals surface area contributed by atoms with Crippen LogP contribution in [0.15, 0.2) is 18.2 Å². The molecule has 0 saturated heterocycles. The maximum atomic E-state index is 6.36. The highest BCUT2D eigenvalue weighted by Crippen LogP contribution is 2.30. The molecule has 0 aliphatic heterocycles. The molecule has 3 atom stereocenters. The molecular weight excluding hydrogens is 246 g/mol. The maximum absolute atomic E-state index is 6.36. The van der Waals surface area contributed by atoms with Gasteiger partial charge in [0.1, 0.15) is 0 Å². The summed E-state index contributed by atoms with van der Waals surface area (Å²) < 4.78 is 0. The van der Waals surface area contributed by atoms with Crippen molar-refractivity contribution in [3.05, 3.63) is 29.6 Å².